The molecule has 0 aliphatic rings. The van der Waals surface area contributed by atoms with Crippen LogP contribution in [0.15, 0.2) is 76.7 Å². The number of rotatable bonds is 8. The van der Waals surface area contributed by atoms with Crippen molar-refractivity contribution in [1.82, 2.24) is 5.43 Å². The Morgan fingerprint density at radius 1 is 1.09 bits per heavy atom. The summed E-state index contributed by atoms with van der Waals surface area (Å²) in [5.74, 6) is -0.0507. The number of nitrogens with one attached hydrogen (secondary N) is 1. The van der Waals surface area contributed by atoms with E-state index in [1.165, 1.54) is 25.3 Å². The van der Waals surface area contributed by atoms with E-state index in [9.17, 15) is 26.4 Å². The zero-order valence-electron chi connectivity index (χ0n) is 18.0. The second kappa shape index (κ2) is 10.8. The Morgan fingerprint density at radius 2 is 1.80 bits per heavy atom. The van der Waals surface area contributed by atoms with Crippen molar-refractivity contribution in [2.45, 2.75) is 17.5 Å². The van der Waals surface area contributed by atoms with Crippen LogP contribution >= 0.6 is 11.6 Å². The first-order valence-electron chi connectivity index (χ1n) is 9.84. The summed E-state index contributed by atoms with van der Waals surface area (Å²) < 4.78 is 73.6. The Hall–Kier alpha value is -3.57. The van der Waals surface area contributed by atoms with E-state index in [1.807, 2.05) is 0 Å². The molecule has 0 spiro atoms. The Kier molecular flexibility index (Phi) is 8.03. The molecule has 0 aliphatic carbocycles. The predicted molar refractivity (Wildman–Crippen MR) is 123 cm³/mol. The molecule has 3 rings (SSSR count). The fourth-order valence-electron chi connectivity index (χ4n) is 2.85. The average molecular weight is 527 g/mol. The van der Waals surface area contributed by atoms with Crippen LogP contribution in [0.3, 0.4) is 0 Å². The summed E-state index contributed by atoms with van der Waals surface area (Å²) in [5.41, 5.74) is 2.11. The van der Waals surface area contributed by atoms with Gasteiger partial charge in [-0.05, 0) is 60.2 Å². The van der Waals surface area contributed by atoms with Crippen LogP contribution in [0.1, 0.15) is 16.7 Å². The molecule has 0 unspecified atom stereocenters. The lowest BCUT2D eigenvalue weighted by molar-refractivity contribution is -0.137. The van der Waals surface area contributed by atoms with Crippen LogP contribution in [0.5, 0.6) is 11.5 Å². The second-order valence-electron chi connectivity index (χ2n) is 7.06. The van der Waals surface area contributed by atoms with Gasteiger partial charge in [0.2, 0.25) is 5.91 Å². The number of carbonyl (C=O) groups excluding carboxylic acids is 1. The number of nitrogens with zero attached hydrogens (tertiary/aromatic N) is 1. The molecule has 0 aromatic heterocycles. The van der Waals surface area contributed by atoms with E-state index in [1.54, 1.807) is 24.3 Å². The van der Waals surface area contributed by atoms with Crippen LogP contribution in [0, 0.1) is 0 Å². The molecule has 184 valence electrons. The number of ether oxygens (including phenoxy) is 1. The molecule has 0 aliphatic heterocycles. The van der Waals surface area contributed by atoms with Gasteiger partial charge in [0, 0.05) is 10.6 Å². The quantitative estimate of drug-likeness (QED) is 0.258. The van der Waals surface area contributed by atoms with Crippen molar-refractivity contribution < 1.29 is 35.3 Å². The highest BCUT2D eigenvalue weighted by molar-refractivity contribution is 7.87. The largest absolute Gasteiger partial charge is 0.497 e. The Morgan fingerprint density at radius 3 is 2.46 bits per heavy atom. The number of hydrazone groups is 1. The number of hydrogen-bond acceptors (Lipinski definition) is 6. The van der Waals surface area contributed by atoms with Crippen molar-refractivity contribution in [3.63, 3.8) is 0 Å². The van der Waals surface area contributed by atoms with Gasteiger partial charge in [-0.15, -0.1) is 0 Å². The van der Waals surface area contributed by atoms with Gasteiger partial charge < -0.3 is 8.92 Å². The first kappa shape index (κ1) is 26.0. The van der Waals surface area contributed by atoms with E-state index in [4.69, 9.17) is 20.5 Å². The van der Waals surface area contributed by atoms with Crippen LogP contribution in [0.2, 0.25) is 5.02 Å². The minimum atomic E-state index is -4.61. The summed E-state index contributed by atoms with van der Waals surface area (Å²) in [5, 5.41) is 4.04. The minimum absolute atomic E-state index is 0.00967. The molecular formula is C23H18ClF3N2O5S. The summed E-state index contributed by atoms with van der Waals surface area (Å²) in [6.45, 7) is 0. The molecule has 1 amide bonds. The molecule has 3 aromatic rings. The number of benzene rings is 3. The van der Waals surface area contributed by atoms with Gasteiger partial charge in [0.1, 0.15) is 10.6 Å². The third-order valence-corrected chi connectivity index (χ3v) is 6.02. The normalized spacial score (nSPS) is 11.9. The minimum Gasteiger partial charge on any atom is -0.497 e. The highest BCUT2D eigenvalue weighted by Gasteiger charge is 2.31. The maximum absolute atomic E-state index is 12.7. The van der Waals surface area contributed by atoms with Crippen molar-refractivity contribution in [2.75, 3.05) is 7.11 Å². The Bertz CT molecular complexity index is 1340. The van der Waals surface area contributed by atoms with Gasteiger partial charge in [0.15, 0.2) is 5.75 Å². The van der Waals surface area contributed by atoms with Gasteiger partial charge in [0.05, 0.1) is 25.3 Å². The maximum Gasteiger partial charge on any atom is 0.416 e. The van der Waals surface area contributed by atoms with E-state index in [0.717, 1.165) is 18.3 Å². The molecule has 0 saturated carbocycles. The van der Waals surface area contributed by atoms with Crippen molar-refractivity contribution in [2.24, 2.45) is 5.10 Å². The number of alkyl halides is 3. The number of amides is 1. The summed E-state index contributed by atoms with van der Waals surface area (Å²) in [7, 11) is -2.97. The zero-order chi connectivity index (χ0) is 25.6. The van der Waals surface area contributed by atoms with Gasteiger partial charge in [-0.1, -0.05) is 23.7 Å². The lowest BCUT2D eigenvalue weighted by Crippen LogP contribution is -2.20. The van der Waals surface area contributed by atoms with Crippen molar-refractivity contribution in [3.05, 3.63) is 88.4 Å². The first-order valence-corrected chi connectivity index (χ1v) is 11.6. The smallest absolute Gasteiger partial charge is 0.416 e. The fourth-order valence-corrected chi connectivity index (χ4v) is 3.99. The standard InChI is InChI=1S/C23H18ClF3N2O5S/c1-33-19-4-2-3-15(11-19)12-22(30)29-28-14-16-13-18(24)7-10-21(16)34-35(31,32)20-8-5-17(6-9-20)23(25,26)27/h2-11,13-14H,12H2,1H3,(H,29,30)/b28-14+. The second-order valence-corrected chi connectivity index (χ2v) is 9.05. The molecular weight excluding hydrogens is 509 g/mol. The number of halogens is 4. The van der Waals surface area contributed by atoms with Gasteiger partial charge in [-0.25, -0.2) is 5.43 Å². The van der Waals surface area contributed by atoms with E-state index < -0.39 is 32.7 Å². The SMILES string of the molecule is COc1cccc(CC(=O)N/N=C/c2cc(Cl)ccc2OS(=O)(=O)c2ccc(C(F)(F)F)cc2)c1. The fraction of sp³-hybridized carbons (Fsp3) is 0.130. The number of methoxy groups -OCH3 is 1. The summed E-state index contributed by atoms with van der Waals surface area (Å²) in [6, 6.07) is 13.7. The monoisotopic (exact) mass is 526 g/mol. The number of carbonyl (C=O) groups is 1. The van der Waals surface area contributed by atoms with E-state index in [0.29, 0.717) is 23.4 Å². The molecule has 0 atom stereocenters. The topological polar surface area (TPSA) is 94.1 Å². The summed E-state index contributed by atoms with van der Waals surface area (Å²) in [6.07, 6.45) is -3.47. The van der Waals surface area contributed by atoms with Crippen molar-refractivity contribution in [3.8, 4) is 11.5 Å². The molecule has 0 radical (unpaired) electrons. The van der Waals surface area contributed by atoms with Crippen molar-refractivity contribution >= 4 is 33.8 Å². The highest BCUT2D eigenvalue weighted by atomic mass is 35.5. The first-order chi connectivity index (χ1) is 16.5. The third kappa shape index (κ3) is 7.20. The zero-order valence-corrected chi connectivity index (χ0v) is 19.6. The molecule has 0 saturated heterocycles. The van der Waals surface area contributed by atoms with E-state index >= 15 is 0 Å². The average Bonchev–Trinajstić information content (AvgIpc) is 2.80. The summed E-state index contributed by atoms with van der Waals surface area (Å²) >= 11 is 5.97. The van der Waals surface area contributed by atoms with Gasteiger partial charge in [-0.3, -0.25) is 4.79 Å². The van der Waals surface area contributed by atoms with Crippen LogP contribution in [-0.2, 0) is 27.5 Å². The lowest BCUT2D eigenvalue weighted by atomic mass is 10.1. The Balaban J connectivity index is 1.73. The molecule has 0 heterocycles. The van der Waals surface area contributed by atoms with E-state index in [-0.39, 0.29) is 22.8 Å². The van der Waals surface area contributed by atoms with Gasteiger partial charge in [0.25, 0.3) is 0 Å². The molecule has 0 fully saturated rings. The predicted octanol–water partition coefficient (Wildman–Crippen LogP) is 4.83. The molecule has 1 N–H and O–H groups in total. The maximum atomic E-state index is 12.7. The van der Waals surface area contributed by atoms with Crippen LogP contribution in [0.25, 0.3) is 0 Å². The molecule has 0 bridgehead atoms. The van der Waals surface area contributed by atoms with Crippen molar-refractivity contribution in [1.29, 1.82) is 0 Å². The Labute approximate surface area is 204 Å². The summed E-state index contributed by atoms with van der Waals surface area (Å²) in [4.78, 5) is 11.7. The van der Waals surface area contributed by atoms with Crippen LogP contribution in [-0.4, -0.2) is 27.6 Å². The number of hydrogen-bond donors (Lipinski definition) is 1. The van der Waals surface area contributed by atoms with E-state index in [2.05, 4.69) is 10.5 Å². The third-order valence-electron chi connectivity index (χ3n) is 4.53. The molecule has 7 nitrogen and oxygen atoms in total. The molecule has 12 heteroatoms. The van der Waals surface area contributed by atoms with Gasteiger partial charge in [-0.2, -0.15) is 26.7 Å². The van der Waals surface area contributed by atoms with Gasteiger partial charge >= 0.3 is 16.3 Å². The van der Waals surface area contributed by atoms with Crippen LogP contribution < -0.4 is 14.3 Å². The molecule has 3 aromatic carbocycles. The van der Waals surface area contributed by atoms with Crippen LogP contribution in [0.4, 0.5) is 13.2 Å². The highest BCUT2D eigenvalue weighted by Crippen LogP contribution is 2.31. The molecule has 35 heavy (non-hydrogen) atoms. The lowest BCUT2D eigenvalue weighted by Gasteiger charge is -2.11.